The molecule has 0 saturated heterocycles. The highest BCUT2D eigenvalue weighted by Gasteiger charge is 2.20. The van der Waals surface area contributed by atoms with Gasteiger partial charge in [0, 0.05) is 5.92 Å². The fourth-order valence-corrected chi connectivity index (χ4v) is 2.87. The third-order valence-corrected chi connectivity index (χ3v) is 4.28. The van der Waals surface area contributed by atoms with E-state index in [-0.39, 0.29) is 11.7 Å². The minimum absolute atomic E-state index is 0.144. The molecule has 128 valence electrons. The minimum Gasteiger partial charge on any atom is -0.508 e. The van der Waals surface area contributed by atoms with Crippen molar-refractivity contribution in [1.82, 2.24) is 0 Å². The van der Waals surface area contributed by atoms with Crippen LogP contribution in [-0.4, -0.2) is 27.5 Å². The maximum atomic E-state index is 10.2. The smallest absolute Gasteiger partial charge is 0.117 e. The first kappa shape index (κ1) is 19.8. The Balaban J connectivity index is 2.82. The lowest BCUT2D eigenvalue weighted by Gasteiger charge is -2.22. The second-order valence-electron chi connectivity index (χ2n) is 5.92. The van der Waals surface area contributed by atoms with Gasteiger partial charge in [-0.25, -0.2) is 0 Å². The van der Waals surface area contributed by atoms with Crippen molar-refractivity contribution in [2.45, 2.75) is 51.7 Å². The molecule has 0 heterocycles. The third kappa shape index (κ3) is 6.38. The van der Waals surface area contributed by atoms with E-state index in [0.29, 0.717) is 11.4 Å². The van der Waals surface area contributed by atoms with Crippen LogP contribution in [0.3, 0.4) is 0 Å². The van der Waals surface area contributed by atoms with Crippen LogP contribution < -0.4 is 0 Å². The van der Waals surface area contributed by atoms with Gasteiger partial charge >= 0.3 is 0 Å². The number of phenols is 1. The maximum absolute atomic E-state index is 10.2. The standard InChI is InChI=1S/C19H27ClO3/c1-4-6-14(7-10-19(23)17(5-2)13(3)21)11-15-8-9-16(22)12-18(15)20/h5,8-9,11-13,17,19,21-23H,2,4,6-7,10H2,1,3H3/b14-11+/t13-,17+,19-/m1/s1. The van der Waals surface area contributed by atoms with Crippen LogP contribution in [0.4, 0.5) is 0 Å². The van der Waals surface area contributed by atoms with Gasteiger partial charge in [0.2, 0.25) is 0 Å². The van der Waals surface area contributed by atoms with Crippen LogP contribution in [0.1, 0.15) is 45.1 Å². The molecule has 3 nitrogen and oxygen atoms in total. The predicted molar refractivity (Wildman–Crippen MR) is 96.6 cm³/mol. The zero-order chi connectivity index (χ0) is 17.4. The molecule has 0 aliphatic rings. The van der Waals surface area contributed by atoms with Crippen LogP contribution in [0.15, 0.2) is 36.4 Å². The van der Waals surface area contributed by atoms with Gasteiger partial charge < -0.3 is 15.3 Å². The molecule has 0 radical (unpaired) electrons. The van der Waals surface area contributed by atoms with Gasteiger partial charge in [0.25, 0.3) is 0 Å². The number of aromatic hydroxyl groups is 1. The molecule has 0 unspecified atom stereocenters. The van der Waals surface area contributed by atoms with Crippen LogP contribution in [0.2, 0.25) is 5.02 Å². The third-order valence-electron chi connectivity index (χ3n) is 3.95. The Kier molecular flexibility index (Phi) is 8.38. The summed E-state index contributed by atoms with van der Waals surface area (Å²) < 4.78 is 0. The van der Waals surface area contributed by atoms with Crippen LogP contribution in [0.5, 0.6) is 5.75 Å². The molecular formula is C19H27ClO3. The SMILES string of the molecule is C=C[C@H]([C@H](O)CC/C(=C/c1ccc(O)cc1Cl)CCC)[C@@H](C)O. The molecule has 4 heteroatoms. The molecule has 0 aliphatic heterocycles. The lowest BCUT2D eigenvalue weighted by molar-refractivity contribution is 0.0421. The molecule has 0 fully saturated rings. The number of hydrogen-bond acceptors (Lipinski definition) is 3. The summed E-state index contributed by atoms with van der Waals surface area (Å²) in [6.07, 6.45) is 5.58. The number of aliphatic hydroxyl groups is 2. The quantitative estimate of drug-likeness (QED) is 0.579. The summed E-state index contributed by atoms with van der Waals surface area (Å²) in [4.78, 5) is 0. The number of benzene rings is 1. The lowest BCUT2D eigenvalue weighted by atomic mass is 9.91. The average Bonchev–Trinajstić information content (AvgIpc) is 2.48. The van der Waals surface area contributed by atoms with Crippen LogP contribution >= 0.6 is 11.6 Å². The van der Waals surface area contributed by atoms with E-state index in [0.717, 1.165) is 24.8 Å². The zero-order valence-electron chi connectivity index (χ0n) is 13.9. The van der Waals surface area contributed by atoms with Crippen molar-refractivity contribution >= 4 is 17.7 Å². The van der Waals surface area contributed by atoms with E-state index in [9.17, 15) is 15.3 Å². The molecule has 23 heavy (non-hydrogen) atoms. The average molecular weight is 339 g/mol. The number of phenolic OH excluding ortho intramolecular Hbond substituents is 1. The Morgan fingerprint density at radius 1 is 1.30 bits per heavy atom. The van der Waals surface area contributed by atoms with E-state index in [2.05, 4.69) is 13.5 Å². The van der Waals surface area contributed by atoms with Crippen molar-refractivity contribution in [3.8, 4) is 5.75 Å². The van der Waals surface area contributed by atoms with Crippen LogP contribution in [0.25, 0.3) is 6.08 Å². The second kappa shape index (κ2) is 9.76. The molecule has 0 spiro atoms. The predicted octanol–water partition coefficient (Wildman–Crippen LogP) is 4.55. The molecule has 3 N–H and O–H groups in total. The van der Waals surface area contributed by atoms with E-state index in [1.807, 2.05) is 6.08 Å². The van der Waals surface area contributed by atoms with Gasteiger partial charge in [-0.05, 0) is 49.9 Å². The maximum Gasteiger partial charge on any atom is 0.117 e. The largest absolute Gasteiger partial charge is 0.508 e. The second-order valence-corrected chi connectivity index (χ2v) is 6.33. The molecule has 0 aliphatic carbocycles. The zero-order valence-corrected chi connectivity index (χ0v) is 14.6. The van der Waals surface area contributed by atoms with Gasteiger partial charge in [0.1, 0.15) is 5.75 Å². The van der Waals surface area contributed by atoms with E-state index in [4.69, 9.17) is 11.6 Å². The molecule has 1 rings (SSSR count). The number of aliphatic hydroxyl groups excluding tert-OH is 2. The summed E-state index contributed by atoms with van der Waals surface area (Å²) in [5.41, 5.74) is 2.05. The highest BCUT2D eigenvalue weighted by molar-refractivity contribution is 6.32. The molecular weight excluding hydrogens is 312 g/mol. The van der Waals surface area contributed by atoms with Crippen molar-refractivity contribution in [2.75, 3.05) is 0 Å². The summed E-state index contributed by atoms with van der Waals surface area (Å²) in [5.74, 6) is -0.180. The van der Waals surface area contributed by atoms with Crippen molar-refractivity contribution < 1.29 is 15.3 Å². The number of rotatable bonds is 9. The first-order valence-corrected chi connectivity index (χ1v) is 8.43. The Morgan fingerprint density at radius 2 is 2.00 bits per heavy atom. The number of halogens is 1. The van der Waals surface area contributed by atoms with Gasteiger partial charge in [-0.3, -0.25) is 0 Å². The molecule has 1 aromatic rings. The molecule has 0 bridgehead atoms. The highest BCUT2D eigenvalue weighted by Crippen LogP contribution is 2.27. The molecule has 0 saturated carbocycles. The van der Waals surface area contributed by atoms with Gasteiger partial charge in [-0.2, -0.15) is 0 Å². The Hall–Kier alpha value is -1.29. The lowest BCUT2D eigenvalue weighted by Crippen LogP contribution is -2.28. The van der Waals surface area contributed by atoms with Gasteiger partial charge in [-0.1, -0.05) is 42.7 Å². The van der Waals surface area contributed by atoms with E-state index < -0.39 is 12.2 Å². The fourth-order valence-electron chi connectivity index (χ4n) is 2.64. The van der Waals surface area contributed by atoms with Crippen molar-refractivity contribution in [1.29, 1.82) is 0 Å². The van der Waals surface area contributed by atoms with Crippen molar-refractivity contribution in [3.05, 3.63) is 47.0 Å². The highest BCUT2D eigenvalue weighted by atomic mass is 35.5. The topological polar surface area (TPSA) is 60.7 Å². The molecule has 3 atom stereocenters. The summed E-state index contributed by atoms with van der Waals surface area (Å²) >= 11 is 6.15. The number of allylic oxidation sites excluding steroid dienone is 1. The van der Waals surface area contributed by atoms with E-state index >= 15 is 0 Å². The molecule has 1 aromatic carbocycles. The Morgan fingerprint density at radius 3 is 2.52 bits per heavy atom. The molecule has 0 amide bonds. The Labute approximate surface area is 143 Å². The normalized spacial score (nSPS) is 16.0. The van der Waals surface area contributed by atoms with E-state index in [1.54, 1.807) is 25.1 Å². The first-order chi connectivity index (χ1) is 10.9. The summed E-state index contributed by atoms with van der Waals surface area (Å²) in [5, 5.41) is 29.8. The van der Waals surface area contributed by atoms with Crippen molar-refractivity contribution in [2.24, 2.45) is 5.92 Å². The van der Waals surface area contributed by atoms with Crippen molar-refractivity contribution in [3.63, 3.8) is 0 Å². The number of hydrogen-bond donors (Lipinski definition) is 3. The van der Waals surface area contributed by atoms with Crippen LogP contribution in [-0.2, 0) is 0 Å². The monoisotopic (exact) mass is 338 g/mol. The van der Waals surface area contributed by atoms with Crippen LogP contribution in [0, 0.1) is 5.92 Å². The van der Waals surface area contributed by atoms with Gasteiger partial charge in [-0.15, -0.1) is 6.58 Å². The summed E-state index contributed by atoms with van der Waals surface area (Å²) in [6.45, 7) is 7.44. The van der Waals surface area contributed by atoms with Gasteiger partial charge in [0.15, 0.2) is 0 Å². The molecule has 0 aromatic heterocycles. The minimum atomic E-state index is -0.622. The summed E-state index contributed by atoms with van der Waals surface area (Å²) in [6, 6.07) is 4.91. The summed E-state index contributed by atoms with van der Waals surface area (Å²) in [7, 11) is 0. The first-order valence-electron chi connectivity index (χ1n) is 8.05. The Bertz CT molecular complexity index is 537. The van der Waals surface area contributed by atoms with Gasteiger partial charge in [0.05, 0.1) is 17.2 Å². The fraction of sp³-hybridized carbons (Fsp3) is 0.474. The van der Waals surface area contributed by atoms with E-state index in [1.165, 1.54) is 11.6 Å².